The number of anilines is 1. The fourth-order valence-electron chi connectivity index (χ4n) is 2.54. The summed E-state index contributed by atoms with van der Waals surface area (Å²) in [6.45, 7) is 2.83. The zero-order valence-electron chi connectivity index (χ0n) is 13.2. The first kappa shape index (κ1) is 17.3. The van der Waals surface area contributed by atoms with Gasteiger partial charge < -0.3 is 4.90 Å². The first-order chi connectivity index (χ1) is 11.5. The molecule has 2 nitrogen and oxygen atoms in total. The Bertz CT molecular complexity index is 754. The molecule has 1 aliphatic heterocycles. The Morgan fingerprint density at radius 1 is 1.25 bits per heavy atom. The van der Waals surface area contributed by atoms with Crippen LogP contribution in [0.3, 0.4) is 0 Å². The quantitative estimate of drug-likeness (QED) is 0.716. The van der Waals surface area contributed by atoms with Gasteiger partial charge in [-0.15, -0.1) is 23.5 Å². The monoisotopic (exact) mass is 365 g/mol. The molecular weight excluding hydrogens is 348 g/mol. The van der Waals surface area contributed by atoms with Gasteiger partial charge in [0.15, 0.2) is 11.6 Å². The van der Waals surface area contributed by atoms with Crippen LogP contribution in [0.5, 0.6) is 0 Å². The van der Waals surface area contributed by atoms with Gasteiger partial charge >= 0.3 is 0 Å². The van der Waals surface area contributed by atoms with Gasteiger partial charge in [-0.3, -0.25) is 4.79 Å². The van der Waals surface area contributed by atoms with Crippen LogP contribution in [-0.2, 0) is 4.79 Å². The second kappa shape index (κ2) is 7.57. The lowest BCUT2D eigenvalue weighted by atomic mass is 10.2. The lowest BCUT2D eigenvalue weighted by molar-refractivity contribution is -0.116. The molecule has 0 aromatic heterocycles. The molecule has 0 radical (unpaired) electrons. The molecule has 0 saturated heterocycles. The van der Waals surface area contributed by atoms with Crippen molar-refractivity contribution in [3.63, 3.8) is 0 Å². The van der Waals surface area contributed by atoms with Crippen LogP contribution >= 0.6 is 23.5 Å². The van der Waals surface area contributed by atoms with E-state index in [4.69, 9.17) is 0 Å². The minimum absolute atomic E-state index is 0.0214. The highest BCUT2D eigenvalue weighted by Crippen LogP contribution is 2.37. The molecule has 24 heavy (non-hydrogen) atoms. The van der Waals surface area contributed by atoms with Crippen LogP contribution in [-0.4, -0.2) is 23.5 Å². The molecule has 1 atom stereocenters. The summed E-state index contributed by atoms with van der Waals surface area (Å²) in [4.78, 5) is 16.1. The number of halogens is 2. The number of benzene rings is 2. The molecule has 3 rings (SSSR count). The van der Waals surface area contributed by atoms with Crippen LogP contribution in [0.1, 0.15) is 13.3 Å². The molecule has 2 aromatic rings. The topological polar surface area (TPSA) is 20.3 Å². The third kappa shape index (κ3) is 3.92. The van der Waals surface area contributed by atoms with Crippen LogP contribution in [0.4, 0.5) is 14.5 Å². The number of fused-ring (bicyclic) bond motifs is 1. The van der Waals surface area contributed by atoms with Crippen molar-refractivity contribution in [3.05, 3.63) is 54.1 Å². The Hall–Kier alpha value is -1.53. The molecule has 0 fully saturated rings. The number of amides is 1. The Balaban J connectivity index is 1.73. The lowest BCUT2D eigenvalue weighted by Gasteiger charge is -2.22. The molecule has 0 saturated carbocycles. The van der Waals surface area contributed by atoms with E-state index in [1.54, 1.807) is 16.7 Å². The van der Waals surface area contributed by atoms with E-state index in [2.05, 4.69) is 6.92 Å². The van der Waals surface area contributed by atoms with Crippen LogP contribution < -0.4 is 4.90 Å². The molecule has 1 amide bonds. The fourth-order valence-corrected chi connectivity index (χ4v) is 4.45. The largest absolute Gasteiger partial charge is 0.311 e. The van der Waals surface area contributed by atoms with Gasteiger partial charge in [0.05, 0.1) is 11.4 Å². The minimum Gasteiger partial charge on any atom is -0.311 e. The second-order valence-electron chi connectivity index (χ2n) is 5.59. The van der Waals surface area contributed by atoms with Crippen LogP contribution in [0, 0.1) is 11.6 Å². The van der Waals surface area contributed by atoms with Crippen molar-refractivity contribution < 1.29 is 13.6 Å². The lowest BCUT2D eigenvalue weighted by Crippen LogP contribution is -2.33. The van der Waals surface area contributed by atoms with Crippen molar-refractivity contribution >= 4 is 35.1 Å². The number of carbonyl (C=O) groups excluding carboxylic acids is 1. The average molecular weight is 365 g/mol. The summed E-state index contributed by atoms with van der Waals surface area (Å²) >= 11 is 3.00. The number of carbonyl (C=O) groups is 1. The maximum atomic E-state index is 13.3. The minimum atomic E-state index is -0.891. The SMILES string of the molecule is C[C@@H]1CCN(C(=O)CSc2ccc(F)c(F)c2)c2ccccc2S1. The van der Waals surface area contributed by atoms with E-state index >= 15 is 0 Å². The molecule has 0 aliphatic carbocycles. The van der Waals surface area contributed by atoms with Gasteiger partial charge in [-0.1, -0.05) is 19.1 Å². The smallest absolute Gasteiger partial charge is 0.237 e. The van der Waals surface area contributed by atoms with Gasteiger partial charge in [-0.2, -0.15) is 0 Å². The van der Waals surface area contributed by atoms with E-state index in [-0.39, 0.29) is 11.7 Å². The van der Waals surface area contributed by atoms with E-state index in [0.717, 1.165) is 29.1 Å². The Labute approximate surface area is 148 Å². The molecule has 6 heteroatoms. The summed E-state index contributed by atoms with van der Waals surface area (Å²) < 4.78 is 26.2. The molecule has 1 aliphatic rings. The number of para-hydroxylation sites is 1. The van der Waals surface area contributed by atoms with Gasteiger partial charge in [0.2, 0.25) is 5.91 Å². The predicted molar refractivity (Wildman–Crippen MR) is 95.8 cm³/mol. The van der Waals surface area contributed by atoms with Crippen LogP contribution in [0.15, 0.2) is 52.3 Å². The number of rotatable bonds is 3. The molecule has 0 N–H and O–H groups in total. The average Bonchev–Trinajstić information content (AvgIpc) is 2.74. The summed E-state index contributed by atoms with van der Waals surface area (Å²) in [7, 11) is 0. The highest BCUT2D eigenvalue weighted by atomic mass is 32.2. The van der Waals surface area contributed by atoms with Gasteiger partial charge in [0, 0.05) is 21.6 Å². The zero-order chi connectivity index (χ0) is 17.1. The van der Waals surface area contributed by atoms with Crippen molar-refractivity contribution in [3.8, 4) is 0 Å². The van der Waals surface area contributed by atoms with E-state index in [9.17, 15) is 13.6 Å². The number of nitrogens with zero attached hydrogens (tertiary/aromatic N) is 1. The first-order valence-corrected chi connectivity index (χ1v) is 9.55. The Kier molecular flexibility index (Phi) is 5.46. The predicted octanol–water partition coefficient (Wildman–Crippen LogP) is 4.97. The van der Waals surface area contributed by atoms with E-state index in [1.165, 1.54) is 17.8 Å². The summed E-state index contributed by atoms with van der Waals surface area (Å²) in [5.41, 5.74) is 0.933. The van der Waals surface area contributed by atoms with Crippen molar-refractivity contribution in [1.82, 2.24) is 0 Å². The fraction of sp³-hybridized carbons (Fsp3) is 0.278. The standard InChI is InChI=1S/C18H17F2NOS2/c1-12-8-9-21(16-4-2-3-5-17(16)24-12)18(22)11-23-13-6-7-14(19)15(20)10-13/h2-7,10,12H,8-9,11H2,1H3/t12-/m1/s1. The Morgan fingerprint density at radius 2 is 2.04 bits per heavy atom. The van der Waals surface area contributed by atoms with Gasteiger partial charge in [0.1, 0.15) is 0 Å². The molecular formula is C18H17F2NOS2. The molecule has 0 bridgehead atoms. The molecule has 126 valence electrons. The highest BCUT2D eigenvalue weighted by Gasteiger charge is 2.24. The maximum absolute atomic E-state index is 13.3. The third-order valence-electron chi connectivity index (χ3n) is 3.80. The summed E-state index contributed by atoms with van der Waals surface area (Å²) in [6.07, 6.45) is 0.918. The normalized spacial score (nSPS) is 17.3. The molecule has 0 spiro atoms. The molecule has 0 unspecified atom stereocenters. The number of hydrogen-bond donors (Lipinski definition) is 0. The first-order valence-electron chi connectivity index (χ1n) is 7.68. The third-order valence-corrected chi connectivity index (χ3v) is 6.01. The summed E-state index contributed by atoms with van der Waals surface area (Å²) in [5, 5.41) is 0.447. The van der Waals surface area contributed by atoms with Crippen molar-refractivity contribution in [2.24, 2.45) is 0 Å². The van der Waals surface area contributed by atoms with Crippen LogP contribution in [0.25, 0.3) is 0 Å². The van der Waals surface area contributed by atoms with Crippen molar-refractivity contribution in [1.29, 1.82) is 0 Å². The van der Waals surface area contributed by atoms with Gasteiger partial charge in [-0.25, -0.2) is 8.78 Å². The van der Waals surface area contributed by atoms with E-state index in [1.807, 2.05) is 24.3 Å². The zero-order valence-corrected chi connectivity index (χ0v) is 14.8. The highest BCUT2D eigenvalue weighted by molar-refractivity contribution is 8.00. The van der Waals surface area contributed by atoms with Crippen molar-refractivity contribution in [2.75, 3.05) is 17.2 Å². The Morgan fingerprint density at radius 3 is 2.83 bits per heavy atom. The van der Waals surface area contributed by atoms with Gasteiger partial charge in [-0.05, 0) is 36.8 Å². The van der Waals surface area contributed by atoms with E-state index < -0.39 is 11.6 Å². The van der Waals surface area contributed by atoms with Crippen LogP contribution in [0.2, 0.25) is 0 Å². The van der Waals surface area contributed by atoms with Gasteiger partial charge in [0.25, 0.3) is 0 Å². The van der Waals surface area contributed by atoms with E-state index in [0.29, 0.717) is 16.7 Å². The number of thioether (sulfide) groups is 2. The number of hydrogen-bond acceptors (Lipinski definition) is 3. The van der Waals surface area contributed by atoms with Crippen molar-refractivity contribution in [2.45, 2.75) is 28.4 Å². The second-order valence-corrected chi connectivity index (χ2v) is 8.12. The molecule has 2 aromatic carbocycles. The molecule has 1 heterocycles. The maximum Gasteiger partial charge on any atom is 0.237 e. The summed E-state index contributed by atoms with van der Waals surface area (Å²) in [6, 6.07) is 11.6. The summed E-state index contributed by atoms with van der Waals surface area (Å²) in [5.74, 6) is -1.60.